The highest BCUT2D eigenvalue weighted by molar-refractivity contribution is 5.77. The number of rotatable bonds is 7. The molecule has 1 amide bonds. The van der Waals surface area contributed by atoms with E-state index in [4.69, 9.17) is 9.15 Å². The van der Waals surface area contributed by atoms with Crippen LogP contribution in [0.25, 0.3) is 0 Å². The topological polar surface area (TPSA) is 80.0 Å². The number of ether oxygens (including phenoxy) is 1. The van der Waals surface area contributed by atoms with Gasteiger partial charge in [0.25, 0.3) is 0 Å². The number of nitrogens with zero attached hydrogens (tertiary/aromatic N) is 1. The van der Waals surface area contributed by atoms with Crippen molar-refractivity contribution in [2.45, 2.75) is 44.4 Å². The van der Waals surface area contributed by atoms with E-state index in [9.17, 15) is 14.7 Å². The number of benzene rings is 1. The maximum absolute atomic E-state index is 13.0. The Labute approximate surface area is 176 Å². The molecule has 1 saturated heterocycles. The van der Waals surface area contributed by atoms with Crippen molar-refractivity contribution in [1.82, 2.24) is 4.90 Å². The van der Waals surface area contributed by atoms with Crippen molar-refractivity contribution < 1.29 is 19.1 Å². The van der Waals surface area contributed by atoms with Crippen LogP contribution in [0.1, 0.15) is 61.3 Å². The normalized spacial score (nSPS) is 18.8. The van der Waals surface area contributed by atoms with Gasteiger partial charge in [-0.1, -0.05) is 37.3 Å². The summed E-state index contributed by atoms with van der Waals surface area (Å²) in [5, 5.41) is 10.8. The third-order valence-electron chi connectivity index (χ3n) is 6.23. The Morgan fingerprint density at radius 2 is 1.90 bits per heavy atom. The van der Waals surface area contributed by atoms with Gasteiger partial charge in [-0.05, 0) is 30.7 Å². The standard InChI is InChI=1S/C24H29NO5/c1-2-16(14-21(27)25-10-12-29-13-11-25)20-15-19(26)23(24(28)30-20)22(18-8-9-18)17-6-4-3-5-7-17/h3-7,15-16,18,22,26H,2,8-14H2,1H3. The zero-order valence-electron chi connectivity index (χ0n) is 17.4. The van der Waals surface area contributed by atoms with Crippen molar-refractivity contribution in [3.63, 3.8) is 0 Å². The summed E-state index contributed by atoms with van der Waals surface area (Å²) in [6.45, 7) is 4.23. The molecule has 6 nitrogen and oxygen atoms in total. The molecule has 1 saturated carbocycles. The number of hydrogen-bond acceptors (Lipinski definition) is 5. The van der Waals surface area contributed by atoms with Gasteiger partial charge in [-0.3, -0.25) is 4.79 Å². The molecule has 1 N–H and O–H groups in total. The first-order valence-corrected chi connectivity index (χ1v) is 10.9. The van der Waals surface area contributed by atoms with E-state index in [0.29, 0.717) is 50.0 Å². The summed E-state index contributed by atoms with van der Waals surface area (Å²) in [5.41, 5.74) is 0.856. The van der Waals surface area contributed by atoms with Gasteiger partial charge in [0.05, 0.1) is 18.8 Å². The molecular formula is C24H29NO5. The van der Waals surface area contributed by atoms with E-state index in [-0.39, 0.29) is 29.9 Å². The first-order valence-electron chi connectivity index (χ1n) is 10.9. The van der Waals surface area contributed by atoms with Crippen molar-refractivity contribution in [3.05, 3.63) is 63.7 Å². The SMILES string of the molecule is CCC(CC(=O)N1CCOCC1)c1cc(O)c(C(c2ccccc2)C2CC2)c(=O)o1. The predicted molar refractivity (Wildman–Crippen MR) is 113 cm³/mol. The molecule has 2 fully saturated rings. The maximum atomic E-state index is 13.0. The molecule has 4 rings (SSSR count). The largest absolute Gasteiger partial charge is 0.507 e. The van der Waals surface area contributed by atoms with E-state index in [2.05, 4.69) is 0 Å². The van der Waals surface area contributed by atoms with E-state index in [0.717, 1.165) is 18.4 Å². The van der Waals surface area contributed by atoms with Crippen LogP contribution in [0.5, 0.6) is 5.75 Å². The number of hydrogen-bond donors (Lipinski definition) is 1. The zero-order chi connectivity index (χ0) is 21.1. The molecule has 6 heteroatoms. The molecule has 0 radical (unpaired) electrons. The molecule has 160 valence electrons. The van der Waals surface area contributed by atoms with Crippen molar-refractivity contribution in [1.29, 1.82) is 0 Å². The van der Waals surface area contributed by atoms with E-state index in [1.807, 2.05) is 37.3 Å². The minimum atomic E-state index is -0.497. The Balaban J connectivity index is 1.59. The predicted octanol–water partition coefficient (Wildman–Crippen LogP) is 3.63. The Morgan fingerprint density at radius 1 is 1.20 bits per heavy atom. The molecule has 2 aliphatic rings. The molecule has 2 unspecified atom stereocenters. The van der Waals surface area contributed by atoms with Crippen LogP contribution >= 0.6 is 0 Å². The monoisotopic (exact) mass is 411 g/mol. The van der Waals surface area contributed by atoms with Gasteiger partial charge >= 0.3 is 5.63 Å². The Bertz CT molecular complexity index is 928. The Kier molecular flexibility index (Phi) is 6.23. The van der Waals surface area contributed by atoms with Crippen LogP contribution < -0.4 is 5.63 Å². The van der Waals surface area contributed by atoms with Crippen LogP contribution in [-0.4, -0.2) is 42.2 Å². The van der Waals surface area contributed by atoms with Gasteiger partial charge in [-0.15, -0.1) is 0 Å². The van der Waals surface area contributed by atoms with Crippen LogP contribution in [0.3, 0.4) is 0 Å². The number of carbonyl (C=O) groups is 1. The van der Waals surface area contributed by atoms with Gasteiger partial charge < -0.3 is 19.2 Å². The van der Waals surface area contributed by atoms with Crippen molar-refractivity contribution in [2.75, 3.05) is 26.3 Å². The lowest BCUT2D eigenvalue weighted by molar-refractivity contribution is -0.135. The molecule has 1 aliphatic heterocycles. The molecule has 2 atom stereocenters. The third-order valence-corrected chi connectivity index (χ3v) is 6.23. The maximum Gasteiger partial charge on any atom is 0.343 e. The average molecular weight is 411 g/mol. The van der Waals surface area contributed by atoms with Crippen LogP contribution in [0.2, 0.25) is 0 Å². The van der Waals surface area contributed by atoms with Gasteiger partial charge in [0.15, 0.2) is 0 Å². The summed E-state index contributed by atoms with van der Waals surface area (Å²) < 4.78 is 11.0. The second-order valence-electron chi connectivity index (χ2n) is 8.26. The highest BCUT2D eigenvalue weighted by Gasteiger charge is 2.37. The van der Waals surface area contributed by atoms with Crippen molar-refractivity contribution in [3.8, 4) is 5.75 Å². The minimum Gasteiger partial charge on any atom is -0.507 e. The highest BCUT2D eigenvalue weighted by atomic mass is 16.5. The zero-order valence-corrected chi connectivity index (χ0v) is 17.4. The van der Waals surface area contributed by atoms with E-state index < -0.39 is 5.63 Å². The van der Waals surface area contributed by atoms with Gasteiger partial charge in [0.1, 0.15) is 11.5 Å². The van der Waals surface area contributed by atoms with Crippen LogP contribution in [0, 0.1) is 5.92 Å². The van der Waals surface area contributed by atoms with Crippen molar-refractivity contribution in [2.24, 2.45) is 5.92 Å². The third kappa shape index (κ3) is 4.43. The smallest absolute Gasteiger partial charge is 0.343 e. The number of morpholine rings is 1. The molecule has 2 aromatic rings. The lowest BCUT2D eigenvalue weighted by Crippen LogP contribution is -2.41. The quantitative estimate of drug-likeness (QED) is 0.753. The molecule has 0 bridgehead atoms. The van der Waals surface area contributed by atoms with Gasteiger partial charge in [-0.2, -0.15) is 0 Å². The summed E-state index contributed by atoms with van der Waals surface area (Å²) in [6.07, 6.45) is 2.96. The molecule has 1 aliphatic carbocycles. The fourth-order valence-corrected chi connectivity index (χ4v) is 4.36. The van der Waals surface area contributed by atoms with Crippen LogP contribution in [0.15, 0.2) is 45.6 Å². The summed E-state index contributed by atoms with van der Waals surface area (Å²) in [5.74, 6) is 0.316. The van der Waals surface area contributed by atoms with Crippen LogP contribution in [0.4, 0.5) is 0 Å². The van der Waals surface area contributed by atoms with E-state index >= 15 is 0 Å². The van der Waals surface area contributed by atoms with Gasteiger partial charge in [0, 0.05) is 37.4 Å². The summed E-state index contributed by atoms with van der Waals surface area (Å²) in [6, 6.07) is 11.4. The molecule has 1 aromatic carbocycles. The fraction of sp³-hybridized carbons (Fsp3) is 0.500. The first kappa shape index (κ1) is 20.7. The van der Waals surface area contributed by atoms with Gasteiger partial charge in [-0.25, -0.2) is 4.79 Å². The van der Waals surface area contributed by atoms with E-state index in [1.165, 1.54) is 0 Å². The summed E-state index contributed by atoms with van der Waals surface area (Å²) in [7, 11) is 0. The fourth-order valence-electron chi connectivity index (χ4n) is 4.36. The number of carbonyl (C=O) groups excluding carboxylic acids is 1. The summed E-state index contributed by atoms with van der Waals surface area (Å²) in [4.78, 5) is 27.4. The second-order valence-corrected chi connectivity index (χ2v) is 8.26. The van der Waals surface area contributed by atoms with Crippen LogP contribution in [-0.2, 0) is 9.53 Å². The minimum absolute atomic E-state index is 0.0245. The lowest BCUT2D eigenvalue weighted by Gasteiger charge is -2.28. The van der Waals surface area contributed by atoms with Gasteiger partial charge in [0.2, 0.25) is 5.91 Å². The molecule has 2 heterocycles. The Morgan fingerprint density at radius 3 is 2.50 bits per heavy atom. The summed E-state index contributed by atoms with van der Waals surface area (Å²) >= 11 is 0. The molecular weight excluding hydrogens is 382 g/mol. The average Bonchev–Trinajstić information content (AvgIpc) is 3.60. The number of aromatic hydroxyl groups is 1. The number of amides is 1. The highest BCUT2D eigenvalue weighted by Crippen LogP contribution is 2.47. The first-order chi connectivity index (χ1) is 14.6. The lowest BCUT2D eigenvalue weighted by atomic mass is 9.87. The molecule has 30 heavy (non-hydrogen) atoms. The van der Waals surface area contributed by atoms with Crippen molar-refractivity contribution >= 4 is 5.91 Å². The molecule has 0 spiro atoms. The Hall–Kier alpha value is -2.60. The molecule has 1 aromatic heterocycles. The second kappa shape index (κ2) is 9.04. The van der Waals surface area contributed by atoms with E-state index in [1.54, 1.807) is 11.0 Å².